The summed E-state index contributed by atoms with van der Waals surface area (Å²) < 4.78 is 28.4. The highest BCUT2D eigenvalue weighted by Crippen LogP contribution is 2.29. The summed E-state index contributed by atoms with van der Waals surface area (Å²) in [5.74, 6) is 2.79. The van der Waals surface area contributed by atoms with Crippen molar-refractivity contribution in [2.75, 3.05) is 29.6 Å². The van der Waals surface area contributed by atoms with E-state index in [1.165, 1.54) is 4.70 Å². The number of thioether (sulfide) groups is 2. The van der Waals surface area contributed by atoms with E-state index in [1.54, 1.807) is 34.9 Å². The van der Waals surface area contributed by atoms with Crippen LogP contribution < -0.4 is 4.72 Å². The summed E-state index contributed by atoms with van der Waals surface area (Å²) in [7, 11) is -3.13. The molecule has 0 radical (unpaired) electrons. The van der Waals surface area contributed by atoms with Crippen molar-refractivity contribution in [3.05, 3.63) is 24.3 Å². The lowest BCUT2D eigenvalue weighted by molar-refractivity contribution is 0.583. The Balaban J connectivity index is 1.70. The molecule has 0 fully saturated rings. The molecule has 0 spiro atoms. The van der Waals surface area contributed by atoms with Gasteiger partial charge in [-0.2, -0.15) is 11.8 Å². The predicted octanol–water partition coefficient (Wildman–Crippen LogP) is 3.45. The second-order valence-corrected chi connectivity index (χ2v) is 10.3. The van der Waals surface area contributed by atoms with Gasteiger partial charge in [-0.05, 0) is 24.3 Å². The fourth-order valence-corrected chi connectivity index (χ4v) is 5.81. The van der Waals surface area contributed by atoms with Gasteiger partial charge in [0, 0.05) is 18.1 Å². The van der Waals surface area contributed by atoms with Crippen molar-refractivity contribution in [1.29, 1.82) is 0 Å². The zero-order valence-electron chi connectivity index (χ0n) is 12.4. The van der Waals surface area contributed by atoms with E-state index in [0.29, 0.717) is 13.0 Å². The van der Waals surface area contributed by atoms with Crippen molar-refractivity contribution in [2.45, 2.75) is 17.7 Å². The number of aromatic nitrogens is 1. The first-order valence-electron chi connectivity index (χ1n) is 7.14. The number of fused-ring (bicyclic) bond motifs is 1. The van der Waals surface area contributed by atoms with Crippen LogP contribution in [0.3, 0.4) is 0 Å². The van der Waals surface area contributed by atoms with E-state index in [-0.39, 0.29) is 5.75 Å². The van der Waals surface area contributed by atoms with Gasteiger partial charge in [0.05, 0.1) is 16.0 Å². The molecule has 8 heteroatoms. The lowest BCUT2D eigenvalue weighted by Gasteiger charge is -2.05. The van der Waals surface area contributed by atoms with Crippen molar-refractivity contribution < 1.29 is 8.42 Å². The first-order valence-corrected chi connectivity index (χ1v) is 11.7. The molecule has 0 aliphatic rings. The van der Waals surface area contributed by atoms with Crippen LogP contribution in [0.2, 0.25) is 0 Å². The Hall–Kier alpha value is -0.280. The van der Waals surface area contributed by atoms with E-state index in [4.69, 9.17) is 0 Å². The molecular weight excluding hydrogens is 356 g/mol. The molecule has 0 saturated carbocycles. The normalized spacial score (nSPS) is 12.0. The van der Waals surface area contributed by atoms with Gasteiger partial charge in [-0.15, -0.1) is 11.3 Å². The first-order chi connectivity index (χ1) is 10.6. The van der Waals surface area contributed by atoms with Gasteiger partial charge < -0.3 is 0 Å². The van der Waals surface area contributed by atoms with E-state index in [9.17, 15) is 8.42 Å². The van der Waals surface area contributed by atoms with E-state index in [2.05, 4.69) is 22.7 Å². The second kappa shape index (κ2) is 9.12. The van der Waals surface area contributed by atoms with Crippen LogP contribution in [0.1, 0.15) is 13.3 Å². The largest absolute Gasteiger partial charge is 0.230 e. The minimum Gasteiger partial charge on any atom is -0.230 e. The summed E-state index contributed by atoms with van der Waals surface area (Å²) in [5, 5.41) is 0. The molecule has 0 aliphatic heterocycles. The molecule has 1 N–H and O–H groups in total. The Kier molecular flexibility index (Phi) is 7.49. The Morgan fingerprint density at radius 1 is 1.27 bits per heavy atom. The molecule has 0 amide bonds. The molecule has 0 saturated heterocycles. The molecule has 2 rings (SSSR count). The summed E-state index contributed by atoms with van der Waals surface area (Å²) in [4.78, 5) is 4.53. The molecule has 122 valence electrons. The van der Waals surface area contributed by atoms with Crippen molar-refractivity contribution in [2.24, 2.45) is 0 Å². The van der Waals surface area contributed by atoms with Crippen molar-refractivity contribution >= 4 is 55.1 Å². The van der Waals surface area contributed by atoms with Crippen LogP contribution in [0.15, 0.2) is 28.6 Å². The van der Waals surface area contributed by atoms with Gasteiger partial charge in [0.1, 0.15) is 0 Å². The Bertz CT molecular complexity index is 652. The quantitative estimate of drug-likeness (QED) is 0.508. The molecule has 0 unspecified atom stereocenters. The van der Waals surface area contributed by atoms with Crippen molar-refractivity contribution in [3.63, 3.8) is 0 Å². The summed E-state index contributed by atoms with van der Waals surface area (Å²) >= 11 is 5.03. The fraction of sp³-hybridized carbons (Fsp3) is 0.500. The maximum atomic E-state index is 11.8. The molecule has 22 heavy (non-hydrogen) atoms. The molecule has 0 aliphatic carbocycles. The van der Waals surface area contributed by atoms with Gasteiger partial charge in [-0.25, -0.2) is 18.1 Å². The van der Waals surface area contributed by atoms with Gasteiger partial charge in [0.2, 0.25) is 10.0 Å². The van der Waals surface area contributed by atoms with Crippen molar-refractivity contribution in [3.8, 4) is 0 Å². The SMILES string of the molecule is CCSCCNS(=O)(=O)CCCSc1nc2ccccc2s1. The summed E-state index contributed by atoms with van der Waals surface area (Å²) in [6, 6.07) is 8.04. The highest BCUT2D eigenvalue weighted by Gasteiger charge is 2.10. The molecule has 1 aromatic carbocycles. The lowest BCUT2D eigenvalue weighted by Crippen LogP contribution is -2.28. The highest BCUT2D eigenvalue weighted by molar-refractivity contribution is 8.01. The maximum absolute atomic E-state index is 11.8. The third-order valence-electron chi connectivity index (χ3n) is 2.83. The van der Waals surface area contributed by atoms with Crippen LogP contribution in [0.4, 0.5) is 0 Å². The van der Waals surface area contributed by atoms with Crippen LogP contribution in [-0.4, -0.2) is 43.0 Å². The third kappa shape index (κ3) is 6.08. The van der Waals surface area contributed by atoms with Crippen LogP contribution in [0.25, 0.3) is 10.2 Å². The number of rotatable bonds is 10. The molecule has 4 nitrogen and oxygen atoms in total. The van der Waals surface area contributed by atoms with E-state index < -0.39 is 10.0 Å². The predicted molar refractivity (Wildman–Crippen MR) is 99.7 cm³/mol. The van der Waals surface area contributed by atoms with Gasteiger partial charge in [-0.3, -0.25) is 0 Å². The maximum Gasteiger partial charge on any atom is 0.211 e. The molecule has 1 heterocycles. The van der Waals surface area contributed by atoms with Gasteiger partial charge in [-0.1, -0.05) is 30.8 Å². The summed E-state index contributed by atoms with van der Waals surface area (Å²) in [6.07, 6.45) is 0.636. The Morgan fingerprint density at radius 2 is 2.09 bits per heavy atom. The molecule has 0 atom stereocenters. The summed E-state index contributed by atoms with van der Waals surface area (Å²) in [5.41, 5.74) is 1.01. The van der Waals surface area contributed by atoms with Crippen LogP contribution in [-0.2, 0) is 10.0 Å². The number of benzene rings is 1. The van der Waals surface area contributed by atoms with Gasteiger partial charge >= 0.3 is 0 Å². The third-order valence-corrected chi connectivity index (χ3v) is 7.47. The smallest absolute Gasteiger partial charge is 0.211 e. The molecular formula is C14H20N2O2S4. The van der Waals surface area contributed by atoms with Crippen LogP contribution >= 0.6 is 34.9 Å². The van der Waals surface area contributed by atoms with E-state index in [0.717, 1.165) is 27.1 Å². The topological polar surface area (TPSA) is 59.1 Å². The molecule has 2 aromatic rings. The fourth-order valence-electron chi connectivity index (χ4n) is 1.81. The number of sulfonamides is 1. The van der Waals surface area contributed by atoms with Gasteiger partial charge in [0.15, 0.2) is 4.34 Å². The number of nitrogens with zero attached hydrogens (tertiary/aromatic N) is 1. The monoisotopic (exact) mass is 376 g/mol. The number of hydrogen-bond acceptors (Lipinski definition) is 6. The van der Waals surface area contributed by atoms with Gasteiger partial charge in [0.25, 0.3) is 0 Å². The number of nitrogens with one attached hydrogen (secondary N) is 1. The van der Waals surface area contributed by atoms with Crippen LogP contribution in [0, 0.1) is 0 Å². The minimum atomic E-state index is -3.13. The minimum absolute atomic E-state index is 0.182. The first kappa shape index (κ1) is 18.1. The van der Waals surface area contributed by atoms with Crippen molar-refractivity contribution in [1.82, 2.24) is 9.71 Å². The Labute approximate surface area is 144 Å². The molecule has 1 aromatic heterocycles. The second-order valence-electron chi connectivity index (χ2n) is 4.56. The summed E-state index contributed by atoms with van der Waals surface area (Å²) in [6.45, 7) is 2.59. The number of thiazole rings is 1. The Morgan fingerprint density at radius 3 is 2.86 bits per heavy atom. The standard InChI is InChI=1S/C14H20N2O2S4/c1-2-19-10-8-15-22(17,18)11-5-9-20-14-16-12-6-3-4-7-13(12)21-14/h3-4,6-7,15H,2,5,8-11H2,1H3. The molecule has 0 bridgehead atoms. The van der Waals surface area contributed by atoms with Crippen LogP contribution in [0.5, 0.6) is 0 Å². The highest BCUT2D eigenvalue weighted by atomic mass is 32.2. The van der Waals surface area contributed by atoms with E-state index >= 15 is 0 Å². The zero-order chi connectivity index (χ0) is 15.8. The zero-order valence-corrected chi connectivity index (χ0v) is 15.7. The van der Waals surface area contributed by atoms with E-state index in [1.807, 2.05) is 18.2 Å². The number of hydrogen-bond donors (Lipinski definition) is 1. The average Bonchev–Trinajstić information content (AvgIpc) is 2.91. The lowest BCUT2D eigenvalue weighted by atomic mass is 10.3. The number of para-hydroxylation sites is 1. The average molecular weight is 377 g/mol.